The first kappa shape index (κ1) is 17.9. The number of nitrogens with zero attached hydrogens (tertiary/aromatic N) is 2. The van der Waals surface area contributed by atoms with Crippen molar-refractivity contribution in [2.45, 2.75) is 13.1 Å². The quantitative estimate of drug-likeness (QED) is 0.896. The van der Waals surface area contributed by atoms with Gasteiger partial charge in [-0.1, -0.05) is 6.07 Å². The van der Waals surface area contributed by atoms with Crippen molar-refractivity contribution in [3.05, 3.63) is 29.8 Å². The third kappa shape index (κ3) is 4.53. The summed E-state index contributed by atoms with van der Waals surface area (Å²) < 4.78 is 42.9. The molecule has 2 rings (SSSR count). The van der Waals surface area contributed by atoms with Gasteiger partial charge >= 0.3 is 18.3 Å². The van der Waals surface area contributed by atoms with Crippen LogP contribution in [0.4, 0.5) is 28.4 Å². The van der Waals surface area contributed by atoms with Gasteiger partial charge in [-0.3, -0.25) is 0 Å². The Labute approximate surface area is 137 Å². The van der Waals surface area contributed by atoms with Gasteiger partial charge in [-0.2, -0.15) is 13.2 Å². The summed E-state index contributed by atoms with van der Waals surface area (Å²) in [4.78, 5) is 26.6. The molecule has 0 bridgehead atoms. The highest BCUT2D eigenvalue weighted by molar-refractivity contribution is 5.89. The molecule has 3 amide bonds. The number of rotatable bonds is 2. The lowest BCUT2D eigenvalue weighted by molar-refractivity contribution is -0.137. The summed E-state index contributed by atoms with van der Waals surface area (Å²) in [5.41, 5.74) is -0.755. The van der Waals surface area contributed by atoms with Crippen LogP contribution in [0, 0.1) is 0 Å². The summed E-state index contributed by atoms with van der Waals surface area (Å²) in [7, 11) is 0. The van der Waals surface area contributed by atoms with E-state index in [0.29, 0.717) is 13.1 Å². The van der Waals surface area contributed by atoms with E-state index in [1.165, 1.54) is 21.9 Å². The fourth-order valence-corrected chi connectivity index (χ4v) is 2.28. The average Bonchev–Trinajstić information content (AvgIpc) is 2.54. The molecular formula is C15H18F3N3O3. The van der Waals surface area contributed by atoms with E-state index < -0.39 is 23.9 Å². The van der Waals surface area contributed by atoms with Gasteiger partial charge in [0.15, 0.2) is 0 Å². The summed E-state index contributed by atoms with van der Waals surface area (Å²) in [5.74, 6) is 0. The van der Waals surface area contributed by atoms with Gasteiger partial charge in [0.05, 0.1) is 12.2 Å². The van der Waals surface area contributed by atoms with Gasteiger partial charge < -0.3 is 19.9 Å². The van der Waals surface area contributed by atoms with E-state index in [-0.39, 0.29) is 25.4 Å². The first-order valence-electron chi connectivity index (χ1n) is 7.46. The third-order valence-electron chi connectivity index (χ3n) is 3.53. The minimum absolute atomic E-state index is 0.0719. The van der Waals surface area contributed by atoms with Gasteiger partial charge in [-0.15, -0.1) is 0 Å². The van der Waals surface area contributed by atoms with Crippen molar-refractivity contribution < 1.29 is 27.5 Å². The molecule has 1 saturated heterocycles. The highest BCUT2D eigenvalue weighted by Gasteiger charge is 2.31. The fraction of sp³-hybridized carbons (Fsp3) is 0.467. The Balaban J connectivity index is 1.91. The molecular weight excluding hydrogens is 327 g/mol. The second kappa shape index (κ2) is 7.41. The minimum Gasteiger partial charge on any atom is -0.450 e. The number of amides is 3. The summed E-state index contributed by atoms with van der Waals surface area (Å²) in [5, 5.41) is 2.45. The van der Waals surface area contributed by atoms with Gasteiger partial charge in [0, 0.05) is 31.9 Å². The van der Waals surface area contributed by atoms with E-state index in [2.05, 4.69) is 5.32 Å². The number of anilines is 1. The van der Waals surface area contributed by atoms with Crippen LogP contribution in [0.25, 0.3) is 0 Å². The molecule has 6 nitrogen and oxygen atoms in total. The summed E-state index contributed by atoms with van der Waals surface area (Å²) in [6.07, 6.45) is -4.90. The Morgan fingerprint density at radius 3 is 2.38 bits per heavy atom. The lowest BCUT2D eigenvalue weighted by atomic mass is 10.2. The molecule has 0 atom stereocenters. The number of alkyl halides is 3. The number of ether oxygens (including phenoxy) is 1. The maximum Gasteiger partial charge on any atom is 0.416 e. The first-order valence-corrected chi connectivity index (χ1v) is 7.46. The van der Waals surface area contributed by atoms with Crippen LogP contribution in [-0.4, -0.2) is 54.7 Å². The zero-order valence-corrected chi connectivity index (χ0v) is 13.1. The lowest BCUT2D eigenvalue weighted by Gasteiger charge is -2.34. The first-order chi connectivity index (χ1) is 11.3. The number of hydrogen-bond acceptors (Lipinski definition) is 3. The van der Waals surface area contributed by atoms with Crippen molar-refractivity contribution in [2.24, 2.45) is 0 Å². The van der Waals surface area contributed by atoms with Gasteiger partial charge in [0.1, 0.15) is 0 Å². The van der Waals surface area contributed by atoms with Gasteiger partial charge in [-0.25, -0.2) is 9.59 Å². The molecule has 0 aromatic heterocycles. The predicted octanol–water partition coefficient (Wildman–Crippen LogP) is 3.01. The van der Waals surface area contributed by atoms with Crippen LogP contribution in [0.2, 0.25) is 0 Å². The topological polar surface area (TPSA) is 61.9 Å². The number of hydrogen-bond donors (Lipinski definition) is 1. The number of carbonyl (C=O) groups excluding carboxylic acids is 2. The highest BCUT2D eigenvalue weighted by Crippen LogP contribution is 2.30. The van der Waals surface area contributed by atoms with Crippen LogP contribution in [-0.2, 0) is 10.9 Å². The molecule has 0 aliphatic carbocycles. The Bertz CT molecular complexity index is 599. The number of urea groups is 1. The molecule has 1 aliphatic heterocycles. The minimum atomic E-state index is -4.47. The molecule has 0 spiro atoms. The Hall–Kier alpha value is -2.45. The second-order valence-electron chi connectivity index (χ2n) is 5.18. The molecule has 24 heavy (non-hydrogen) atoms. The van der Waals surface area contributed by atoms with E-state index >= 15 is 0 Å². The number of piperazine rings is 1. The summed E-state index contributed by atoms with van der Waals surface area (Å²) in [6.45, 7) is 3.17. The van der Waals surface area contributed by atoms with E-state index in [9.17, 15) is 22.8 Å². The monoisotopic (exact) mass is 345 g/mol. The smallest absolute Gasteiger partial charge is 0.416 e. The van der Waals surface area contributed by atoms with Crippen molar-refractivity contribution in [1.82, 2.24) is 9.80 Å². The third-order valence-corrected chi connectivity index (χ3v) is 3.53. The van der Waals surface area contributed by atoms with Crippen LogP contribution >= 0.6 is 0 Å². The molecule has 1 aliphatic rings. The maximum absolute atomic E-state index is 12.7. The summed E-state index contributed by atoms with van der Waals surface area (Å²) in [6, 6.07) is 3.94. The average molecular weight is 345 g/mol. The van der Waals surface area contributed by atoms with Crippen LogP contribution in [0.3, 0.4) is 0 Å². The van der Waals surface area contributed by atoms with Crippen LogP contribution in [0.5, 0.6) is 0 Å². The Morgan fingerprint density at radius 1 is 1.17 bits per heavy atom. The zero-order valence-electron chi connectivity index (χ0n) is 13.1. The number of halogens is 3. The molecule has 132 valence electrons. The fourth-order valence-electron chi connectivity index (χ4n) is 2.28. The molecule has 0 radical (unpaired) electrons. The second-order valence-corrected chi connectivity index (χ2v) is 5.18. The standard InChI is InChI=1S/C15H18F3N3O3/c1-2-24-14(23)21-8-6-20(7-9-21)13(22)19-12-5-3-4-11(10-12)15(16,17)18/h3-5,10H,2,6-9H2,1H3,(H,19,22). The number of carbonyl (C=O) groups is 2. The molecule has 1 aromatic carbocycles. The molecule has 0 saturated carbocycles. The van der Waals surface area contributed by atoms with E-state index in [1.807, 2.05) is 0 Å². The Morgan fingerprint density at radius 2 is 1.79 bits per heavy atom. The molecule has 1 heterocycles. The molecule has 1 N–H and O–H groups in total. The number of nitrogens with one attached hydrogen (secondary N) is 1. The van der Waals surface area contributed by atoms with Gasteiger partial charge in [0.25, 0.3) is 0 Å². The largest absolute Gasteiger partial charge is 0.450 e. The van der Waals surface area contributed by atoms with Crippen molar-refractivity contribution in [2.75, 3.05) is 38.1 Å². The molecule has 1 aromatic rings. The van der Waals surface area contributed by atoms with E-state index in [1.54, 1.807) is 6.92 Å². The predicted molar refractivity (Wildman–Crippen MR) is 80.6 cm³/mol. The van der Waals surface area contributed by atoms with Crippen LogP contribution in [0.15, 0.2) is 24.3 Å². The normalized spacial score (nSPS) is 15.2. The van der Waals surface area contributed by atoms with Gasteiger partial charge in [0.2, 0.25) is 0 Å². The van der Waals surface area contributed by atoms with Crippen molar-refractivity contribution in [3.63, 3.8) is 0 Å². The Kier molecular flexibility index (Phi) is 5.53. The summed E-state index contributed by atoms with van der Waals surface area (Å²) >= 11 is 0. The number of benzene rings is 1. The van der Waals surface area contributed by atoms with E-state index in [4.69, 9.17) is 4.74 Å². The zero-order chi connectivity index (χ0) is 17.7. The van der Waals surface area contributed by atoms with Crippen LogP contribution < -0.4 is 5.32 Å². The molecule has 0 unspecified atom stereocenters. The molecule has 9 heteroatoms. The highest BCUT2D eigenvalue weighted by atomic mass is 19.4. The van der Waals surface area contributed by atoms with E-state index in [0.717, 1.165) is 12.1 Å². The van der Waals surface area contributed by atoms with Crippen LogP contribution in [0.1, 0.15) is 12.5 Å². The van der Waals surface area contributed by atoms with Gasteiger partial charge in [-0.05, 0) is 25.1 Å². The van der Waals surface area contributed by atoms with Crippen molar-refractivity contribution in [3.8, 4) is 0 Å². The maximum atomic E-state index is 12.7. The van der Waals surface area contributed by atoms with Crippen molar-refractivity contribution in [1.29, 1.82) is 0 Å². The lowest BCUT2D eigenvalue weighted by Crippen LogP contribution is -2.51. The molecule has 1 fully saturated rings. The van der Waals surface area contributed by atoms with Crippen molar-refractivity contribution >= 4 is 17.8 Å². The SMILES string of the molecule is CCOC(=O)N1CCN(C(=O)Nc2cccc(C(F)(F)F)c2)CC1.